The van der Waals surface area contributed by atoms with Crippen molar-refractivity contribution in [3.05, 3.63) is 69.8 Å². The second kappa shape index (κ2) is 8.60. The highest BCUT2D eigenvalue weighted by Gasteiger charge is 2.14. The number of hydrogen-bond acceptors (Lipinski definition) is 5. The van der Waals surface area contributed by atoms with E-state index in [1.165, 1.54) is 6.07 Å². The number of nitro groups is 1. The zero-order valence-corrected chi connectivity index (χ0v) is 14.7. The summed E-state index contributed by atoms with van der Waals surface area (Å²) in [6.45, 7) is 6.13. The lowest BCUT2D eigenvalue weighted by Crippen LogP contribution is -2.24. The van der Waals surface area contributed by atoms with Gasteiger partial charge in [-0.15, -0.1) is 0 Å². The summed E-state index contributed by atoms with van der Waals surface area (Å²) in [6, 6.07) is 13.7. The SMILES string of the molecule is CC(C)Oc1cccc(C(O)CNC(C)c2cccc([N+](=O)[O-])c2)c1. The molecule has 25 heavy (non-hydrogen) atoms. The van der Waals surface area contributed by atoms with Crippen LogP contribution >= 0.6 is 0 Å². The fourth-order valence-corrected chi connectivity index (χ4v) is 2.50. The topological polar surface area (TPSA) is 84.6 Å². The summed E-state index contributed by atoms with van der Waals surface area (Å²) >= 11 is 0. The quantitative estimate of drug-likeness (QED) is 0.562. The molecule has 2 rings (SSSR count). The normalized spacial score (nSPS) is 13.5. The lowest BCUT2D eigenvalue weighted by atomic mass is 10.1. The van der Waals surface area contributed by atoms with Crippen molar-refractivity contribution in [1.29, 1.82) is 0 Å². The van der Waals surface area contributed by atoms with Gasteiger partial charge in [-0.05, 0) is 44.0 Å². The van der Waals surface area contributed by atoms with Gasteiger partial charge in [-0.3, -0.25) is 10.1 Å². The monoisotopic (exact) mass is 344 g/mol. The molecule has 0 saturated heterocycles. The number of benzene rings is 2. The van der Waals surface area contributed by atoms with Crippen molar-refractivity contribution < 1.29 is 14.8 Å². The summed E-state index contributed by atoms with van der Waals surface area (Å²) in [5, 5.41) is 24.5. The Morgan fingerprint density at radius 2 is 1.80 bits per heavy atom. The Morgan fingerprint density at radius 1 is 1.12 bits per heavy atom. The maximum Gasteiger partial charge on any atom is 0.269 e. The van der Waals surface area contributed by atoms with E-state index < -0.39 is 11.0 Å². The van der Waals surface area contributed by atoms with E-state index in [1.54, 1.807) is 12.1 Å². The van der Waals surface area contributed by atoms with E-state index in [0.29, 0.717) is 6.54 Å². The summed E-state index contributed by atoms with van der Waals surface area (Å²) in [7, 11) is 0. The van der Waals surface area contributed by atoms with E-state index in [0.717, 1.165) is 16.9 Å². The van der Waals surface area contributed by atoms with E-state index in [9.17, 15) is 15.2 Å². The Hall–Kier alpha value is -2.44. The molecule has 6 heteroatoms. The van der Waals surface area contributed by atoms with E-state index in [-0.39, 0.29) is 17.8 Å². The van der Waals surface area contributed by atoms with Gasteiger partial charge in [0.2, 0.25) is 0 Å². The van der Waals surface area contributed by atoms with Crippen LogP contribution in [0.15, 0.2) is 48.5 Å². The summed E-state index contributed by atoms with van der Waals surface area (Å²) in [5.74, 6) is 0.721. The predicted molar refractivity (Wildman–Crippen MR) is 96.7 cm³/mol. The van der Waals surface area contributed by atoms with Crippen LogP contribution in [0.5, 0.6) is 5.75 Å². The van der Waals surface area contributed by atoms with Gasteiger partial charge in [0, 0.05) is 24.7 Å². The van der Waals surface area contributed by atoms with Gasteiger partial charge in [0.05, 0.1) is 17.1 Å². The first-order chi connectivity index (χ1) is 11.9. The van der Waals surface area contributed by atoms with Crippen LogP contribution in [-0.4, -0.2) is 22.7 Å². The lowest BCUT2D eigenvalue weighted by molar-refractivity contribution is -0.384. The molecular weight excluding hydrogens is 320 g/mol. The first-order valence-corrected chi connectivity index (χ1v) is 8.29. The van der Waals surface area contributed by atoms with E-state index >= 15 is 0 Å². The molecule has 2 atom stereocenters. The van der Waals surface area contributed by atoms with Crippen molar-refractivity contribution in [3.8, 4) is 5.75 Å². The maximum absolute atomic E-state index is 10.9. The maximum atomic E-state index is 10.9. The standard InChI is InChI=1S/C19H24N2O4/c1-13(2)25-18-9-5-7-16(11-18)19(22)12-20-14(3)15-6-4-8-17(10-15)21(23)24/h4-11,13-14,19-20,22H,12H2,1-3H3. The second-order valence-corrected chi connectivity index (χ2v) is 6.24. The second-order valence-electron chi connectivity index (χ2n) is 6.24. The molecule has 0 aliphatic rings. The van der Waals surface area contributed by atoms with Gasteiger partial charge in [-0.2, -0.15) is 0 Å². The third-order valence-electron chi connectivity index (χ3n) is 3.81. The van der Waals surface area contributed by atoms with Crippen molar-refractivity contribution >= 4 is 5.69 Å². The van der Waals surface area contributed by atoms with E-state index in [1.807, 2.05) is 51.1 Å². The molecule has 134 valence electrons. The molecule has 0 bridgehead atoms. The van der Waals surface area contributed by atoms with Crippen molar-refractivity contribution in [3.63, 3.8) is 0 Å². The van der Waals surface area contributed by atoms with Crippen LogP contribution in [0, 0.1) is 10.1 Å². The minimum absolute atomic E-state index is 0.0604. The fraction of sp³-hybridized carbons (Fsp3) is 0.368. The average Bonchev–Trinajstić information content (AvgIpc) is 2.59. The smallest absolute Gasteiger partial charge is 0.269 e. The van der Waals surface area contributed by atoms with Crippen LogP contribution in [0.1, 0.15) is 44.0 Å². The highest BCUT2D eigenvalue weighted by atomic mass is 16.6. The van der Waals surface area contributed by atoms with Crippen molar-refractivity contribution in [2.24, 2.45) is 0 Å². The molecule has 0 aliphatic carbocycles. The van der Waals surface area contributed by atoms with Crippen LogP contribution in [0.25, 0.3) is 0 Å². The molecule has 0 radical (unpaired) electrons. The van der Waals surface area contributed by atoms with Crippen LogP contribution in [0.3, 0.4) is 0 Å². The van der Waals surface area contributed by atoms with Gasteiger partial charge in [-0.25, -0.2) is 0 Å². The number of nitro benzene ring substituents is 1. The molecule has 6 nitrogen and oxygen atoms in total. The number of nitrogens with zero attached hydrogens (tertiary/aromatic N) is 1. The summed E-state index contributed by atoms with van der Waals surface area (Å²) in [6.07, 6.45) is -0.628. The van der Waals surface area contributed by atoms with Gasteiger partial charge in [0.1, 0.15) is 5.75 Å². The van der Waals surface area contributed by atoms with Gasteiger partial charge >= 0.3 is 0 Å². The minimum atomic E-state index is -0.697. The largest absolute Gasteiger partial charge is 0.491 e. The zero-order chi connectivity index (χ0) is 18.4. The third-order valence-corrected chi connectivity index (χ3v) is 3.81. The predicted octanol–water partition coefficient (Wildman–Crippen LogP) is 3.77. The van der Waals surface area contributed by atoms with Crippen LogP contribution in [0.4, 0.5) is 5.69 Å². The van der Waals surface area contributed by atoms with Gasteiger partial charge in [0.25, 0.3) is 5.69 Å². The van der Waals surface area contributed by atoms with Crippen LogP contribution in [-0.2, 0) is 0 Å². The van der Waals surface area contributed by atoms with Crippen molar-refractivity contribution in [2.75, 3.05) is 6.54 Å². The number of aliphatic hydroxyl groups is 1. The van der Waals surface area contributed by atoms with E-state index in [4.69, 9.17) is 4.74 Å². The number of non-ortho nitro benzene ring substituents is 1. The lowest BCUT2D eigenvalue weighted by Gasteiger charge is -2.18. The Balaban J connectivity index is 1.98. The van der Waals surface area contributed by atoms with Gasteiger partial charge in [0.15, 0.2) is 0 Å². The Bertz CT molecular complexity index is 718. The van der Waals surface area contributed by atoms with Gasteiger partial charge < -0.3 is 15.2 Å². The number of aliphatic hydroxyl groups excluding tert-OH is 1. The highest BCUT2D eigenvalue weighted by molar-refractivity contribution is 5.35. The van der Waals surface area contributed by atoms with Crippen LogP contribution in [0.2, 0.25) is 0 Å². The fourth-order valence-electron chi connectivity index (χ4n) is 2.50. The molecule has 0 aromatic heterocycles. The third kappa shape index (κ3) is 5.55. The van der Waals surface area contributed by atoms with Crippen molar-refractivity contribution in [1.82, 2.24) is 5.32 Å². The Labute approximate surface area is 147 Å². The van der Waals surface area contributed by atoms with Crippen LogP contribution < -0.4 is 10.1 Å². The molecule has 0 aliphatic heterocycles. The summed E-state index contributed by atoms with van der Waals surface area (Å²) in [4.78, 5) is 10.5. The molecule has 0 amide bonds. The number of nitrogens with one attached hydrogen (secondary N) is 1. The highest BCUT2D eigenvalue weighted by Crippen LogP contribution is 2.22. The first-order valence-electron chi connectivity index (χ1n) is 8.29. The Kier molecular flexibility index (Phi) is 6.50. The number of ether oxygens (including phenoxy) is 1. The molecule has 2 unspecified atom stereocenters. The van der Waals surface area contributed by atoms with E-state index in [2.05, 4.69) is 5.32 Å². The first kappa shape index (κ1) is 18.9. The summed E-state index contributed by atoms with van der Waals surface area (Å²) in [5.41, 5.74) is 1.63. The molecule has 0 spiro atoms. The van der Waals surface area contributed by atoms with Gasteiger partial charge in [-0.1, -0.05) is 24.3 Å². The summed E-state index contributed by atoms with van der Waals surface area (Å²) < 4.78 is 5.64. The molecule has 0 fully saturated rings. The molecule has 0 saturated carbocycles. The molecule has 0 heterocycles. The number of hydrogen-bond donors (Lipinski definition) is 2. The number of rotatable bonds is 8. The van der Waals surface area contributed by atoms with Crippen molar-refractivity contribution in [2.45, 2.75) is 39.0 Å². The minimum Gasteiger partial charge on any atom is -0.491 e. The average molecular weight is 344 g/mol. The molecular formula is C19H24N2O4. The molecule has 2 aromatic carbocycles. The zero-order valence-electron chi connectivity index (χ0n) is 14.7. The Morgan fingerprint density at radius 3 is 2.48 bits per heavy atom. The molecule has 2 aromatic rings. The molecule has 2 N–H and O–H groups in total.